The maximum atomic E-state index is 9.32. The molecule has 1 aliphatic heterocycles. The van der Waals surface area contributed by atoms with E-state index in [-0.39, 0.29) is 12.0 Å². The smallest absolute Gasteiger partial charge is 0.125 e. The van der Waals surface area contributed by atoms with E-state index in [4.69, 9.17) is 4.74 Å². The molecule has 1 aromatic carbocycles. The third kappa shape index (κ3) is 2.41. The lowest BCUT2D eigenvalue weighted by atomic mass is 9.86. The summed E-state index contributed by atoms with van der Waals surface area (Å²) in [5, 5.41) is 9.32. The quantitative estimate of drug-likeness (QED) is 0.925. The minimum absolute atomic E-state index is 0.0967. The van der Waals surface area contributed by atoms with Crippen LogP contribution in [0.25, 0.3) is 0 Å². The molecule has 0 bridgehead atoms. The molecule has 3 heteroatoms. The van der Waals surface area contributed by atoms with Crippen molar-refractivity contribution < 1.29 is 9.84 Å². The molecule has 88 valence electrons. The highest BCUT2D eigenvalue weighted by molar-refractivity contribution is 9.10. The summed E-state index contributed by atoms with van der Waals surface area (Å²) in [6.45, 7) is 5.09. The predicted molar refractivity (Wildman–Crippen MR) is 67.9 cm³/mol. The molecule has 0 spiro atoms. The molecule has 1 aliphatic rings. The monoisotopic (exact) mass is 284 g/mol. The van der Waals surface area contributed by atoms with Gasteiger partial charge < -0.3 is 9.84 Å². The van der Waals surface area contributed by atoms with Crippen LogP contribution in [-0.4, -0.2) is 18.3 Å². The van der Waals surface area contributed by atoms with E-state index in [0.29, 0.717) is 0 Å². The number of ether oxygens (including phenoxy) is 1. The second-order valence-electron chi connectivity index (χ2n) is 5.15. The number of aliphatic hydroxyl groups excluding tert-OH is 1. The summed E-state index contributed by atoms with van der Waals surface area (Å²) in [6.07, 6.45) is 1.83. The zero-order chi connectivity index (χ0) is 11.8. The van der Waals surface area contributed by atoms with Crippen LogP contribution in [0, 0.1) is 5.41 Å². The second kappa shape index (κ2) is 4.38. The first-order valence-electron chi connectivity index (χ1n) is 5.57. The number of aliphatic hydroxyl groups is 1. The molecule has 0 unspecified atom stereocenters. The molecule has 2 nitrogen and oxygen atoms in total. The maximum Gasteiger partial charge on any atom is 0.125 e. The highest BCUT2D eigenvalue weighted by Gasteiger charge is 2.23. The highest BCUT2D eigenvalue weighted by Crippen LogP contribution is 2.36. The van der Waals surface area contributed by atoms with Crippen molar-refractivity contribution >= 4 is 15.9 Å². The Balaban J connectivity index is 2.34. The number of hydrogen-bond donors (Lipinski definition) is 1. The summed E-state index contributed by atoms with van der Waals surface area (Å²) in [4.78, 5) is 0. The zero-order valence-electron chi connectivity index (χ0n) is 9.72. The molecular weight excluding hydrogens is 268 g/mol. The third-order valence-electron chi connectivity index (χ3n) is 2.92. The maximum absolute atomic E-state index is 9.32. The van der Waals surface area contributed by atoms with E-state index in [9.17, 15) is 5.11 Å². The number of hydrogen-bond acceptors (Lipinski definition) is 2. The van der Waals surface area contributed by atoms with Gasteiger partial charge in [-0.1, -0.05) is 29.8 Å². The molecule has 0 amide bonds. The highest BCUT2D eigenvalue weighted by atomic mass is 79.9. The number of rotatable bonds is 3. The van der Waals surface area contributed by atoms with Crippen molar-refractivity contribution in [3.8, 4) is 5.75 Å². The second-order valence-corrected chi connectivity index (χ2v) is 6.07. The van der Waals surface area contributed by atoms with E-state index in [2.05, 4.69) is 41.9 Å². The van der Waals surface area contributed by atoms with Gasteiger partial charge in [-0.2, -0.15) is 0 Å². The average molecular weight is 285 g/mol. The van der Waals surface area contributed by atoms with Crippen molar-refractivity contribution in [2.24, 2.45) is 5.41 Å². The SMILES string of the molecule is CC(C)(CO)Cc1cc(Br)cc2c1OCC2. The Hall–Kier alpha value is -0.540. The topological polar surface area (TPSA) is 29.5 Å². The van der Waals surface area contributed by atoms with Gasteiger partial charge in [0.1, 0.15) is 5.75 Å². The predicted octanol–water partition coefficient (Wildman–Crippen LogP) is 2.95. The van der Waals surface area contributed by atoms with Gasteiger partial charge in [-0.15, -0.1) is 0 Å². The molecule has 0 atom stereocenters. The van der Waals surface area contributed by atoms with Gasteiger partial charge in [-0.25, -0.2) is 0 Å². The van der Waals surface area contributed by atoms with Gasteiger partial charge in [0.2, 0.25) is 0 Å². The molecule has 1 heterocycles. The van der Waals surface area contributed by atoms with Crippen LogP contribution in [0.5, 0.6) is 5.75 Å². The number of fused-ring (bicyclic) bond motifs is 1. The van der Waals surface area contributed by atoms with Crippen molar-refractivity contribution in [2.75, 3.05) is 13.2 Å². The lowest BCUT2D eigenvalue weighted by Crippen LogP contribution is -2.20. The van der Waals surface area contributed by atoms with Gasteiger partial charge in [0.15, 0.2) is 0 Å². The van der Waals surface area contributed by atoms with E-state index < -0.39 is 0 Å². The first-order valence-corrected chi connectivity index (χ1v) is 6.36. The first kappa shape index (κ1) is 11.9. The molecule has 0 aliphatic carbocycles. The molecule has 0 radical (unpaired) electrons. The van der Waals surface area contributed by atoms with Gasteiger partial charge in [-0.05, 0) is 35.1 Å². The Morgan fingerprint density at radius 3 is 2.88 bits per heavy atom. The Bertz CT molecular complexity index is 399. The van der Waals surface area contributed by atoms with Crippen molar-refractivity contribution in [1.29, 1.82) is 0 Å². The van der Waals surface area contributed by atoms with Crippen molar-refractivity contribution in [3.63, 3.8) is 0 Å². The van der Waals surface area contributed by atoms with Crippen molar-refractivity contribution in [3.05, 3.63) is 27.7 Å². The number of benzene rings is 1. The molecule has 0 fully saturated rings. The van der Waals surface area contributed by atoms with Crippen molar-refractivity contribution in [2.45, 2.75) is 26.7 Å². The van der Waals surface area contributed by atoms with Gasteiger partial charge in [0.05, 0.1) is 6.61 Å². The van der Waals surface area contributed by atoms with Crippen molar-refractivity contribution in [1.82, 2.24) is 0 Å². The summed E-state index contributed by atoms with van der Waals surface area (Å²) >= 11 is 3.53. The Kier molecular flexibility index (Phi) is 3.27. The molecule has 0 aromatic heterocycles. The van der Waals surface area contributed by atoms with Crippen LogP contribution in [0.15, 0.2) is 16.6 Å². The van der Waals surface area contributed by atoms with Crippen LogP contribution in [0.4, 0.5) is 0 Å². The fourth-order valence-corrected chi connectivity index (χ4v) is 2.60. The minimum atomic E-state index is -0.0967. The largest absolute Gasteiger partial charge is 0.493 e. The zero-order valence-corrected chi connectivity index (χ0v) is 11.3. The molecule has 1 aromatic rings. The molecular formula is C13H17BrO2. The summed E-state index contributed by atoms with van der Waals surface area (Å²) in [7, 11) is 0. The molecule has 16 heavy (non-hydrogen) atoms. The molecule has 1 N–H and O–H groups in total. The summed E-state index contributed by atoms with van der Waals surface area (Å²) in [6, 6.07) is 4.22. The Morgan fingerprint density at radius 2 is 2.19 bits per heavy atom. The van der Waals surface area contributed by atoms with Gasteiger partial charge in [0, 0.05) is 17.5 Å². The molecule has 0 saturated carbocycles. The Morgan fingerprint density at radius 1 is 1.44 bits per heavy atom. The lowest BCUT2D eigenvalue weighted by molar-refractivity contribution is 0.158. The van der Waals surface area contributed by atoms with Crippen LogP contribution in [-0.2, 0) is 12.8 Å². The van der Waals surface area contributed by atoms with Crippen LogP contribution in [0.3, 0.4) is 0 Å². The van der Waals surface area contributed by atoms with Crippen LogP contribution < -0.4 is 4.74 Å². The summed E-state index contributed by atoms with van der Waals surface area (Å²) < 4.78 is 6.77. The van der Waals surface area contributed by atoms with E-state index in [1.807, 2.05) is 0 Å². The van der Waals surface area contributed by atoms with E-state index in [1.54, 1.807) is 0 Å². The van der Waals surface area contributed by atoms with Crippen LogP contribution in [0.2, 0.25) is 0 Å². The first-order chi connectivity index (χ1) is 7.52. The average Bonchev–Trinajstić information content (AvgIpc) is 2.65. The third-order valence-corrected chi connectivity index (χ3v) is 3.38. The summed E-state index contributed by atoms with van der Waals surface area (Å²) in [5.41, 5.74) is 2.37. The summed E-state index contributed by atoms with van der Waals surface area (Å²) in [5.74, 6) is 1.03. The van der Waals surface area contributed by atoms with Gasteiger partial charge in [0.25, 0.3) is 0 Å². The lowest BCUT2D eigenvalue weighted by Gasteiger charge is -2.22. The van der Waals surface area contributed by atoms with E-state index >= 15 is 0 Å². The van der Waals surface area contributed by atoms with Crippen LogP contribution in [0.1, 0.15) is 25.0 Å². The fourth-order valence-electron chi connectivity index (χ4n) is 2.05. The fraction of sp³-hybridized carbons (Fsp3) is 0.538. The Labute approximate surface area is 105 Å². The van der Waals surface area contributed by atoms with Crippen LogP contribution >= 0.6 is 15.9 Å². The van der Waals surface area contributed by atoms with E-state index in [0.717, 1.165) is 29.7 Å². The molecule has 2 rings (SSSR count). The van der Waals surface area contributed by atoms with Gasteiger partial charge >= 0.3 is 0 Å². The van der Waals surface area contributed by atoms with E-state index in [1.165, 1.54) is 11.1 Å². The normalized spacial score (nSPS) is 14.8. The minimum Gasteiger partial charge on any atom is -0.493 e. The standard InChI is InChI=1S/C13H17BrO2/c1-13(2,8-15)7-10-6-11(14)5-9-3-4-16-12(9)10/h5-6,15H,3-4,7-8H2,1-2H3. The van der Waals surface area contributed by atoms with Gasteiger partial charge in [-0.3, -0.25) is 0 Å². The number of halogens is 1. The molecule has 0 saturated heterocycles.